The number of nitro groups is 1. The second-order valence-corrected chi connectivity index (χ2v) is 6.01. The maximum atomic E-state index is 11.3. The standard InChI is InChI=1S/C11H10ClN3O5S/c12-9-3-2-8(21(13,18)19)5-10(9)14-6-7-1-4-11(20-7)15(16)17/h1-5,14H,6H2,(H2,13,18,19). The maximum Gasteiger partial charge on any atom is 0.433 e. The minimum atomic E-state index is -3.84. The molecule has 0 saturated carbocycles. The summed E-state index contributed by atoms with van der Waals surface area (Å²) in [4.78, 5) is 9.74. The third-order valence-corrected chi connectivity index (χ3v) is 3.79. The quantitative estimate of drug-likeness (QED) is 0.637. The van der Waals surface area contributed by atoms with Gasteiger partial charge in [-0.05, 0) is 24.3 Å². The van der Waals surface area contributed by atoms with Crippen molar-refractivity contribution in [1.82, 2.24) is 0 Å². The summed E-state index contributed by atoms with van der Waals surface area (Å²) in [6.45, 7) is 0.0988. The van der Waals surface area contributed by atoms with Gasteiger partial charge in [0.2, 0.25) is 10.0 Å². The van der Waals surface area contributed by atoms with E-state index in [1.165, 1.54) is 30.3 Å². The molecule has 0 atom stereocenters. The summed E-state index contributed by atoms with van der Waals surface area (Å²) in [5.74, 6) is -0.0741. The van der Waals surface area contributed by atoms with Crippen LogP contribution in [0.25, 0.3) is 0 Å². The van der Waals surface area contributed by atoms with Gasteiger partial charge in [0.05, 0.1) is 28.2 Å². The molecule has 0 unspecified atom stereocenters. The summed E-state index contributed by atoms with van der Waals surface area (Å²) in [5, 5.41) is 18.6. The summed E-state index contributed by atoms with van der Waals surface area (Å²) in [6, 6.07) is 6.59. The van der Waals surface area contributed by atoms with Crippen LogP contribution in [0.3, 0.4) is 0 Å². The second kappa shape index (κ2) is 5.72. The van der Waals surface area contributed by atoms with Crippen molar-refractivity contribution in [3.63, 3.8) is 0 Å². The number of benzene rings is 1. The summed E-state index contributed by atoms with van der Waals surface area (Å²) >= 11 is 5.93. The number of hydrogen-bond donors (Lipinski definition) is 2. The lowest BCUT2D eigenvalue weighted by Gasteiger charge is -2.08. The molecule has 3 N–H and O–H groups in total. The molecule has 10 heteroatoms. The van der Waals surface area contributed by atoms with Crippen molar-refractivity contribution in [2.24, 2.45) is 5.14 Å². The first kappa shape index (κ1) is 15.3. The first-order chi connectivity index (χ1) is 9.77. The van der Waals surface area contributed by atoms with Gasteiger partial charge >= 0.3 is 5.88 Å². The third-order valence-electron chi connectivity index (χ3n) is 2.55. The Kier molecular flexibility index (Phi) is 4.16. The highest BCUT2D eigenvalue weighted by Crippen LogP contribution is 2.26. The monoisotopic (exact) mass is 331 g/mol. The van der Waals surface area contributed by atoms with Gasteiger partial charge in [-0.25, -0.2) is 13.6 Å². The number of hydrogen-bond acceptors (Lipinski definition) is 6. The Balaban J connectivity index is 2.17. The minimum Gasteiger partial charge on any atom is -0.404 e. The van der Waals surface area contributed by atoms with Crippen molar-refractivity contribution in [3.05, 3.63) is 51.2 Å². The summed E-state index contributed by atoms with van der Waals surface area (Å²) in [6.07, 6.45) is 0. The zero-order valence-electron chi connectivity index (χ0n) is 10.4. The van der Waals surface area contributed by atoms with Crippen molar-refractivity contribution in [3.8, 4) is 0 Å². The molecule has 0 saturated heterocycles. The van der Waals surface area contributed by atoms with Gasteiger partial charge in [0.1, 0.15) is 10.7 Å². The number of furan rings is 1. The number of primary sulfonamides is 1. The van der Waals surface area contributed by atoms with E-state index in [1.54, 1.807) is 0 Å². The number of anilines is 1. The SMILES string of the molecule is NS(=O)(=O)c1ccc(Cl)c(NCc2ccc([N+](=O)[O-])o2)c1. The van der Waals surface area contributed by atoms with E-state index in [-0.39, 0.29) is 22.3 Å². The number of sulfonamides is 1. The van der Waals surface area contributed by atoms with E-state index in [0.29, 0.717) is 11.4 Å². The van der Waals surface area contributed by atoms with Crippen molar-refractivity contribution in [2.75, 3.05) is 5.32 Å². The number of nitrogens with one attached hydrogen (secondary N) is 1. The smallest absolute Gasteiger partial charge is 0.404 e. The van der Waals surface area contributed by atoms with Gasteiger partial charge in [0.25, 0.3) is 0 Å². The molecule has 112 valence electrons. The average molecular weight is 332 g/mol. The Morgan fingerprint density at radius 2 is 2.05 bits per heavy atom. The Bertz CT molecular complexity index is 787. The van der Waals surface area contributed by atoms with E-state index in [9.17, 15) is 18.5 Å². The molecule has 8 nitrogen and oxygen atoms in total. The molecule has 0 radical (unpaired) electrons. The zero-order chi connectivity index (χ0) is 15.6. The van der Waals surface area contributed by atoms with Crippen LogP contribution in [0.4, 0.5) is 11.6 Å². The lowest BCUT2D eigenvalue weighted by molar-refractivity contribution is -0.402. The molecule has 0 aliphatic heterocycles. The van der Waals surface area contributed by atoms with Crippen LogP contribution in [0.15, 0.2) is 39.6 Å². The van der Waals surface area contributed by atoms with Crippen LogP contribution in [0.5, 0.6) is 0 Å². The Morgan fingerprint density at radius 3 is 2.62 bits per heavy atom. The third kappa shape index (κ3) is 3.72. The molecular formula is C11H10ClN3O5S. The van der Waals surface area contributed by atoms with Crippen LogP contribution in [0.1, 0.15) is 5.76 Å². The van der Waals surface area contributed by atoms with Crippen molar-refractivity contribution < 1.29 is 17.8 Å². The molecule has 1 aromatic carbocycles. The van der Waals surface area contributed by atoms with E-state index in [1.807, 2.05) is 0 Å². The van der Waals surface area contributed by atoms with Crippen molar-refractivity contribution in [1.29, 1.82) is 0 Å². The predicted molar refractivity (Wildman–Crippen MR) is 75.5 cm³/mol. The lowest BCUT2D eigenvalue weighted by Crippen LogP contribution is -2.12. The molecule has 2 rings (SSSR count). The minimum absolute atomic E-state index is 0.0974. The molecule has 21 heavy (non-hydrogen) atoms. The summed E-state index contributed by atoms with van der Waals surface area (Å²) < 4.78 is 27.5. The van der Waals surface area contributed by atoms with E-state index in [4.69, 9.17) is 21.2 Å². The maximum absolute atomic E-state index is 11.3. The topological polar surface area (TPSA) is 128 Å². The first-order valence-corrected chi connectivity index (χ1v) is 7.49. The van der Waals surface area contributed by atoms with Crippen LogP contribution < -0.4 is 10.5 Å². The number of rotatable bonds is 5. The lowest BCUT2D eigenvalue weighted by atomic mass is 10.3. The molecule has 0 bridgehead atoms. The van der Waals surface area contributed by atoms with Gasteiger partial charge in [-0.2, -0.15) is 0 Å². The van der Waals surface area contributed by atoms with Crippen LogP contribution in [0.2, 0.25) is 5.02 Å². The van der Waals surface area contributed by atoms with Gasteiger partial charge < -0.3 is 9.73 Å². The molecule has 0 amide bonds. The number of nitrogens with zero attached hydrogens (tertiary/aromatic N) is 1. The second-order valence-electron chi connectivity index (χ2n) is 4.04. The molecule has 0 aliphatic carbocycles. The van der Waals surface area contributed by atoms with Crippen LogP contribution >= 0.6 is 11.6 Å². The Labute approximate surface area is 124 Å². The van der Waals surface area contributed by atoms with Crippen molar-refractivity contribution in [2.45, 2.75) is 11.4 Å². The average Bonchev–Trinajstić information content (AvgIpc) is 2.85. The van der Waals surface area contributed by atoms with Gasteiger partial charge in [-0.15, -0.1) is 0 Å². The molecule has 0 spiro atoms. The van der Waals surface area contributed by atoms with Crippen molar-refractivity contribution >= 4 is 33.2 Å². The normalized spacial score (nSPS) is 11.3. The largest absolute Gasteiger partial charge is 0.433 e. The highest BCUT2D eigenvalue weighted by atomic mass is 35.5. The molecule has 2 aromatic rings. The Hall–Kier alpha value is -2.10. The van der Waals surface area contributed by atoms with Gasteiger partial charge in [0, 0.05) is 0 Å². The van der Waals surface area contributed by atoms with Crippen LogP contribution in [-0.4, -0.2) is 13.3 Å². The van der Waals surface area contributed by atoms with Gasteiger partial charge in [-0.1, -0.05) is 11.6 Å². The summed E-state index contributed by atoms with van der Waals surface area (Å²) in [5.41, 5.74) is 0.322. The van der Waals surface area contributed by atoms with Crippen LogP contribution in [-0.2, 0) is 16.6 Å². The Morgan fingerprint density at radius 1 is 1.33 bits per heavy atom. The molecule has 0 fully saturated rings. The zero-order valence-corrected chi connectivity index (χ0v) is 12.0. The molecular weight excluding hydrogens is 322 g/mol. The van der Waals surface area contributed by atoms with E-state index in [2.05, 4.69) is 5.32 Å². The van der Waals surface area contributed by atoms with Crippen LogP contribution in [0, 0.1) is 10.1 Å². The highest BCUT2D eigenvalue weighted by molar-refractivity contribution is 7.89. The fourth-order valence-corrected chi connectivity index (χ4v) is 2.28. The summed E-state index contributed by atoms with van der Waals surface area (Å²) in [7, 11) is -3.84. The molecule has 1 heterocycles. The van der Waals surface area contributed by atoms with E-state index in [0.717, 1.165) is 0 Å². The first-order valence-electron chi connectivity index (χ1n) is 5.56. The van der Waals surface area contributed by atoms with E-state index >= 15 is 0 Å². The number of nitrogens with two attached hydrogens (primary N) is 1. The molecule has 0 aliphatic rings. The fourth-order valence-electron chi connectivity index (χ4n) is 1.56. The fraction of sp³-hybridized carbons (Fsp3) is 0.0909. The number of halogens is 1. The van der Waals surface area contributed by atoms with E-state index < -0.39 is 14.9 Å². The highest BCUT2D eigenvalue weighted by Gasteiger charge is 2.13. The molecule has 1 aromatic heterocycles. The van der Waals surface area contributed by atoms with Gasteiger partial charge in [0.15, 0.2) is 0 Å². The van der Waals surface area contributed by atoms with Gasteiger partial charge in [-0.3, -0.25) is 10.1 Å². The predicted octanol–water partition coefficient (Wildman–Crippen LogP) is 2.10.